The van der Waals surface area contributed by atoms with Crippen molar-refractivity contribution >= 4 is 17.8 Å². The van der Waals surface area contributed by atoms with Crippen LogP contribution in [0, 0.1) is 6.92 Å². The van der Waals surface area contributed by atoms with Gasteiger partial charge < -0.3 is 24.9 Å². The molecule has 0 atom stereocenters. The van der Waals surface area contributed by atoms with Crippen LogP contribution in [0.25, 0.3) is 0 Å². The molecule has 3 heterocycles. The summed E-state index contributed by atoms with van der Waals surface area (Å²) in [6.45, 7) is 5.61. The topological polar surface area (TPSA) is 90.7 Å². The van der Waals surface area contributed by atoms with Gasteiger partial charge in [-0.05, 0) is 43.5 Å². The van der Waals surface area contributed by atoms with Crippen LogP contribution in [-0.2, 0) is 0 Å². The van der Waals surface area contributed by atoms with Crippen molar-refractivity contribution in [3.8, 4) is 0 Å². The quantitative estimate of drug-likeness (QED) is 0.745. The summed E-state index contributed by atoms with van der Waals surface area (Å²) in [7, 11) is 0. The number of anilines is 1. The van der Waals surface area contributed by atoms with Crippen molar-refractivity contribution in [3.63, 3.8) is 0 Å². The summed E-state index contributed by atoms with van der Waals surface area (Å²) in [4.78, 5) is 32.6. The van der Waals surface area contributed by atoms with Gasteiger partial charge in [-0.25, -0.2) is 9.78 Å². The van der Waals surface area contributed by atoms with E-state index in [4.69, 9.17) is 4.42 Å². The smallest absolute Gasteiger partial charge is 0.317 e. The van der Waals surface area contributed by atoms with E-state index in [-0.39, 0.29) is 11.9 Å². The molecule has 3 rings (SSSR count). The highest BCUT2D eigenvalue weighted by Gasteiger charge is 2.23. The number of pyridine rings is 1. The minimum atomic E-state index is -0.122. The van der Waals surface area contributed by atoms with Crippen LogP contribution in [-0.4, -0.2) is 66.0 Å². The van der Waals surface area contributed by atoms with Crippen LogP contribution >= 0.6 is 0 Å². The molecule has 0 aliphatic carbocycles. The summed E-state index contributed by atoms with van der Waals surface area (Å²) in [5.41, 5.74) is 1.12. The molecular weight excluding hydrogens is 358 g/mol. The molecule has 3 amide bonds. The molecule has 0 aromatic carbocycles. The fraction of sp³-hybridized carbons (Fsp3) is 0.450. The average molecular weight is 385 g/mol. The van der Waals surface area contributed by atoms with Gasteiger partial charge in [0, 0.05) is 45.5 Å². The first-order valence-corrected chi connectivity index (χ1v) is 9.65. The number of aromatic nitrogens is 1. The highest BCUT2D eigenvalue weighted by molar-refractivity contribution is 5.91. The molecule has 1 aliphatic rings. The molecule has 28 heavy (non-hydrogen) atoms. The van der Waals surface area contributed by atoms with Gasteiger partial charge in [-0.2, -0.15) is 0 Å². The van der Waals surface area contributed by atoms with Crippen molar-refractivity contribution in [2.24, 2.45) is 0 Å². The third-order valence-electron chi connectivity index (χ3n) is 4.65. The first-order valence-electron chi connectivity index (χ1n) is 9.65. The second kappa shape index (κ2) is 9.77. The Morgan fingerprint density at radius 3 is 2.68 bits per heavy atom. The second-order valence-corrected chi connectivity index (χ2v) is 6.84. The summed E-state index contributed by atoms with van der Waals surface area (Å²) in [6, 6.07) is 7.24. The lowest BCUT2D eigenvalue weighted by atomic mass is 10.3. The lowest BCUT2D eigenvalue weighted by Crippen LogP contribution is -2.43. The number of urea groups is 1. The van der Waals surface area contributed by atoms with E-state index in [0.29, 0.717) is 38.5 Å². The van der Waals surface area contributed by atoms with Gasteiger partial charge >= 0.3 is 6.03 Å². The molecule has 0 saturated carbocycles. The maximum absolute atomic E-state index is 12.4. The molecule has 0 spiro atoms. The molecule has 8 heteroatoms. The fourth-order valence-corrected chi connectivity index (χ4v) is 3.06. The molecule has 2 aromatic heterocycles. The standard InChI is InChI=1S/C20H27N5O3/c1-16-6-7-18(23-15-16)21-8-3-9-22-20(27)25-11-4-10-24(12-13-25)19(26)17-5-2-14-28-17/h2,5-7,14-15H,3-4,8-13H2,1H3,(H,21,23)(H,22,27). The molecule has 0 unspecified atom stereocenters. The predicted octanol–water partition coefficient (Wildman–Crippen LogP) is 2.34. The van der Waals surface area contributed by atoms with E-state index < -0.39 is 0 Å². The molecule has 150 valence electrons. The Bertz CT molecular complexity index is 761. The Labute approximate surface area is 164 Å². The summed E-state index contributed by atoms with van der Waals surface area (Å²) < 4.78 is 5.18. The molecule has 8 nitrogen and oxygen atoms in total. The number of hydrogen-bond acceptors (Lipinski definition) is 5. The van der Waals surface area contributed by atoms with Crippen LogP contribution in [0.5, 0.6) is 0 Å². The van der Waals surface area contributed by atoms with Crippen LogP contribution in [0.15, 0.2) is 41.1 Å². The zero-order valence-corrected chi connectivity index (χ0v) is 16.2. The summed E-state index contributed by atoms with van der Waals surface area (Å²) >= 11 is 0. The number of furan rings is 1. The van der Waals surface area contributed by atoms with Gasteiger partial charge in [-0.3, -0.25) is 4.79 Å². The molecule has 1 aliphatic heterocycles. The Morgan fingerprint density at radius 2 is 1.93 bits per heavy atom. The average Bonchev–Trinajstić information content (AvgIpc) is 3.13. The monoisotopic (exact) mass is 385 g/mol. The fourth-order valence-electron chi connectivity index (χ4n) is 3.06. The van der Waals surface area contributed by atoms with E-state index in [1.807, 2.05) is 25.3 Å². The molecular formula is C20H27N5O3. The number of nitrogens with zero attached hydrogens (tertiary/aromatic N) is 3. The van der Waals surface area contributed by atoms with Gasteiger partial charge in [0.15, 0.2) is 5.76 Å². The maximum Gasteiger partial charge on any atom is 0.317 e. The zero-order valence-electron chi connectivity index (χ0n) is 16.2. The van der Waals surface area contributed by atoms with Crippen molar-refractivity contribution in [2.45, 2.75) is 19.8 Å². The number of nitrogens with one attached hydrogen (secondary N) is 2. The maximum atomic E-state index is 12.4. The van der Waals surface area contributed by atoms with Crippen LogP contribution in [0.3, 0.4) is 0 Å². The highest BCUT2D eigenvalue weighted by Crippen LogP contribution is 2.10. The third-order valence-corrected chi connectivity index (χ3v) is 4.65. The second-order valence-electron chi connectivity index (χ2n) is 6.84. The van der Waals surface area contributed by atoms with Crippen molar-refractivity contribution in [2.75, 3.05) is 44.6 Å². The van der Waals surface area contributed by atoms with Gasteiger partial charge in [-0.1, -0.05) is 6.07 Å². The first kappa shape index (κ1) is 19.7. The third kappa shape index (κ3) is 5.48. The minimum Gasteiger partial charge on any atom is -0.459 e. The SMILES string of the molecule is Cc1ccc(NCCCNC(=O)N2CCCN(C(=O)c3ccco3)CC2)nc1. The van der Waals surface area contributed by atoms with Crippen molar-refractivity contribution in [1.82, 2.24) is 20.1 Å². The van der Waals surface area contributed by atoms with Gasteiger partial charge in [0.05, 0.1) is 6.26 Å². The Morgan fingerprint density at radius 1 is 1.11 bits per heavy atom. The number of carbonyl (C=O) groups excluding carboxylic acids is 2. The summed E-state index contributed by atoms with van der Waals surface area (Å²) in [6.07, 6.45) is 4.87. The van der Waals surface area contributed by atoms with E-state index in [1.54, 1.807) is 21.9 Å². The normalized spacial score (nSPS) is 14.5. The molecule has 0 bridgehead atoms. The lowest BCUT2D eigenvalue weighted by Gasteiger charge is -2.22. The number of amides is 3. The van der Waals surface area contributed by atoms with E-state index >= 15 is 0 Å². The summed E-state index contributed by atoms with van der Waals surface area (Å²) in [5, 5.41) is 6.19. The van der Waals surface area contributed by atoms with Crippen LogP contribution < -0.4 is 10.6 Å². The Balaban J connectivity index is 1.35. The van der Waals surface area contributed by atoms with Gasteiger partial charge in [0.1, 0.15) is 5.82 Å². The zero-order chi connectivity index (χ0) is 19.8. The molecule has 2 aromatic rings. The summed E-state index contributed by atoms with van der Waals surface area (Å²) in [5.74, 6) is 1.06. The van der Waals surface area contributed by atoms with Crippen molar-refractivity contribution in [3.05, 3.63) is 48.0 Å². The van der Waals surface area contributed by atoms with E-state index in [2.05, 4.69) is 15.6 Å². The van der Waals surface area contributed by atoms with Gasteiger partial charge in [0.2, 0.25) is 0 Å². The van der Waals surface area contributed by atoms with Crippen LogP contribution in [0.1, 0.15) is 29.0 Å². The van der Waals surface area contributed by atoms with Crippen molar-refractivity contribution in [1.29, 1.82) is 0 Å². The van der Waals surface area contributed by atoms with E-state index in [9.17, 15) is 9.59 Å². The number of carbonyl (C=O) groups is 2. The van der Waals surface area contributed by atoms with Crippen molar-refractivity contribution < 1.29 is 14.0 Å². The first-order chi connectivity index (χ1) is 13.6. The molecule has 2 N–H and O–H groups in total. The predicted molar refractivity (Wildman–Crippen MR) is 106 cm³/mol. The highest BCUT2D eigenvalue weighted by atomic mass is 16.3. The number of rotatable bonds is 6. The van der Waals surface area contributed by atoms with Gasteiger partial charge in [0.25, 0.3) is 5.91 Å². The largest absolute Gasteiger partial charge is 0.459 e. The number of hydrogen-bond donors (Lipinski definition) is 2. The number of aryl methyl sites for hydroxylation is 1. The van der Waals surface area contributed by atoms with E-state index in [1.165, 1.54) is 6.26 Å². The Kier molecular flexibility index (Phi) is 6.89. The lowest BCUT2D eigenvalue weighted by molar-refractivity contribution is 0.0730. The van der Waals surface area contributed by atoms with Crippen LogP contribution in [0.4, 0.5) is 10.6 Å². The molecule has 1 saturated heterocycles. The Hall–Kier alpha value is -3.03. The van der Waals surface area contributed by atoms with Gasteiger partial charge in [-0.15, -0.1) is 0 Å². The van der Waals surface area contributed by atoms with E-state index in [0.717, 1.165) is 30.8 Å². The minimum absolute atomic E-state index is 0.0826. The molecule has 0 radical (unpaired) electrons. The van der Waals surface area contributed by atoms with Crippen LogP contribution in [0.2, 0.25) is 0 Å². The molecule has 1 fully saturated rings.